The second-order valence-corrected chi connectivity index (χ2v) is 6.88. The van der Waals surface area contributed by atoms with Crippen molar-refractivity contribution in [3.8, 4) is 0 Å². The van der Waals surface area contributed by atoms with Crippen molar-refractivity contribution in [2.45, 2.75) is 0 Å². The number of benzene rings is 2. The molecular formula is C24H27ClN4O7. The van der Waals surface area contributed by atoms with Crippen molar-refractivity contribution in [3.63, 3.8) is 0 Å². The minimum atomic E-state index is -1.09. The molecule has 0 radical (unpaired) electrons. The lowest BCUT2D eigenvalue weighted by molar-refractivity contribution is -0.0755. The third kappa shape index (κ3) is 7.75. The van der Waals surface area contributed by atoms with Gasteiger partial charge in [-0.15, -0.1) is 12.4 Å². The molecular weight excluding hydrogens is 492 g/mol. The van der Waals surface area contributed by atoms with Gasteiger partial charge in [-0.2, -0.15) is 0 Å². The maximum atomic E-state index is 12.0. The van der Waals surface area contributed by atoms with Gasteiger partial charge in [0.15, 0.2) is 0 Å². The van der Waals surface area contributed by atoms with Crippen LogP contribution in [0, 0.1) is 0 Å². The zero-order valence-electron chi connectivity index (χ0n) is 20.0. The fraction of sp³-hybridized carbons (Fsp3) is 0.167. The standard InChI is InChI=1S/C12H12N2O3.C10H7NO3.C2H7NO.ClH/c1-14(17-2)12(16)9-7-11(15)13-10-6-4-3-5-8(9)10;12-9-5-7(10(13)14)6-3-1-2-4-8(6)11-9;1-3-4-2;/h3-7H,1-2H3,(H,13,15);1-5H,(H,11,12)(H,13,14);3H,1-2H3;1H. The number of carbonyl (C=O) groups is 2. The van der Waals surface area contributed by atoms with E-state index in [1.54, 1.807) is 56.6 Å². The zero-order valence-corrected chi connectivity index (χ0v) is 20.8. The smallest absolute Gasteiger partial charge is 0.336 e. The SMILES string of the molecule is CNOC.CON(C)C(=O)c1cc(=O)[nH]c2ccccc12.Cl.O=C(O)c1cc(=O)[nH]c2ccccc12. The first-order valence-electron chi connectivity index (χ1n) is 10.2. The van der Waals surface area contributed by atoms with Crippen molar-refractivity contribution >= 4 is 46.1 Å². The van der Waals surface area contributed by atoms with E-state index in [2.05, 4.69) is 20.3 Å². The minimum Gasteiger partial charge on any atom is -0.478 e. The molecule has 2 heterocycles. The van der Waals surface area contributed by atoms with Gasteiger partial charge in [-0.05, 0) is 12.1 Å². The van der Waals surface area contributed by atoms with Crippen molar-refractivity contribution in [1.82, 2.24) is 20.5 Å². The number of carboxylic acids is 1. The molecule has 0 aliphatic carbocycles. The number of halogens is 1. The summed E-state index contributed by atoms with van der Waals surface area (Å²) < 4.78 is 0. The lowest BCUT2D eigenvalue weighted by atomic mass is 10.1. The summed E-state index contributed by atoms with van der Waals surface area (Å²) in [6.07, 6.45) is 0. The molecule has 0 spiro atoms. The Morgan fingerprint density at radius 1 is 0.861 bits per heavy atom. The second kappa shape index (κ2) is 14.4. The zero-order chi connectivity index (χ0) is 26.0. The van der Waals surface area contributed by atoms with Gasteiger partial charge in [0.25, 0.3) is 5.91 Å². The molecule has 0 aliphatic heterocycles. The molecule has 0 saturated carbocycles. The number of rotatable bonds is 4. The maximum absolute atomic E-state index is 12.0. The van der Waals surface area contributed by atoms with Crippen molar-refractivity contribution in [2.75, 3.05) is 28.3 Å². The van der Waals surface area contributed by atoms with E-state index in [0.717, 1.165) is 11.1 Å². The highest BCUT2D eigenvalue weighted by Crippen LogP contribution is 2.16. The Balaban J connectivity index is 0.000000310. The minimum absolute atomic E-state index is 0. The largest absolute Gasteiger partial charge is 0.478 e. The summed E-state index contributed by atoms with van der Waals surface area (Å²) in [4.78, 5) is 59.7. The first-order chi connectivity index (χ1) is 16.7. The molecule has 4 aromatic rings. The van der Waals surface area contributed by atoms with E-state index in [0.29, 0.717) is 27.4 Å². The fourth-order valence-corrected chi connectivity index (χ4v) is 3.02. The summed E-state index contributed by atoms with van der Waals surface area (Å²) in [6.45, 7) is 0. The fourth-order valence-electron chi connectivity index (χ4n) is 3.02. The number of aromatic carboxylic acids is 1. The van der Waals surface area contributed by atoms with E-state index in [1.807, 2.05) is 6.07 Å². The van der Waals surface area contributed by atoms with Crippen LogP contribution in [0.5, 0.6) is 0 Å². The predicted molar refractivity (Wildman–Crippen MR) is 139 cm³/mol. The van der Waals surface area contributed by atoms with E-state index in [4.69, 9.17) is 9.94 Å². The number of hydroxylamine groups is 3. The molecule has 36 heavy (non-hydrogen) atoms. The van der Waals surface area contributed by atoms with Crippen LogP contribution in [0.4, 0.5) is 0 Å². The van der Waals surface area contributed by atoms with Crippen LogP contribution in [0.25, 0.3) is 21.8 Å². The molecule has 0 aliphatic rings. The summed E-state index contributed by atoms with van der Waals surface area (Å²) in [5.74, 6) is -1.44. The number of hydrogen-bond acceptors (Lipinski definition) is 7. The molecule has 192 valence electrons. The first-order valence-corrected chi connectivity index (χ1v) is 10.2. The number of amides is 1. The Labute approximate surface area is 212 Å². The first kappa shape index (κ1) is 30.0. The number of aromatic amines is 2. The Kier molecular flexibility index (Phi) is 12.0. The second-order valence-electron chi connectivity index (χ2n) is 6.88. The van der Waals surface area contributed by atoms with Gasteiger partial charge in [0.05, 0.1) is 25.3 Å². The number of carbonyl (C=O) groups excluding carboxylic acids is 1. The lowest BCUT2D eigenvalue weighted by Gasteiger charge is -2.14. The molecule has 11 nitrogen and oxygen atoms in total. The van der Waals surface area contributed by atoms with Gasteiger partial charge in [0.1, 0.15) is 0 Å². The van der Waals surface area contributed by atoms with Gasteiger partial charge in [-0.3, -0.25) is 19.2 Å². The monoisotopic (exact) mass is 518 g/mol. The lowest BCUT2D eigenvalue weighted by Crippen LogP contribution is -2.26. The molecule has 4 rings (SSSR count). The van der Waals surface area contributed by atoms with E-state index >= 15 is 0 Å². The summed E-state index contributed by atoms with van der Waals surface area (Å²) in [7, 11) is 6.17. The summed E-state index contributed by atoms with van der Waals surface area (Å²) in [5, 5.41) is 11.2. The van der Waals surface area contributed by atoms with Gasteiger partial charge < -0.3 is 19.9 Å². The van der Waals surface area contributed by atoms with E-state index in [-0.39, 0.29) is 29.4 Å². The van der Waals surface area contributed by atoms with Gasteiger partial charge >= 0.3 is 5.97 Å². The maximum Gasteiger partial charge on any atom is 0.336 e. The van der Waals surface area contributed by atoms with E-state index in [1.165, 1.54) is 20.2 Å². The third-order valence-corrected chi connectivity index (χ3v) is 4.73. The quantitative estimate of drug-likeness (QED) is 0.301. The number of carboxylic acid groups (broad SMARTS) is 1. The van der Waals surface area contributed by atoms with Crippen molar-refractivity contribution < 1.29 is 24.4 Å². The Morgan fingerprint density at radius 3 is 1.69 bits per heavy atom. The van der Waals surface area contributed by atoms with Crippen LogP contribution in [-0.2, 0) is 9.68 Å². The topological polar surface area (TPSA) is 154 Å². The Bertz CT molecular complexity index is 1430. The number of nitrogens with one attached hydrogen (secondary N) is 3. The van der Waals surface area contributed by atoms with Crippen LogP contribution in [-0.4, -0.2) is 60.3 Å². The molecule has 2 aromatic heterocycles. The number of para-hydroxylation sites is 2. The highest BCUT2D eigenvalue weighted by Gasteiger charge is 2.15. The number of H-pyrrole nitrogens is 2. The van der Waals surface area contributed by atoms with Gasteiger partial charge in [-0.25, -0.2) is 15.3 Å². The molecule has 0 atom stereocenters. The highest BCUT2D eigenvalue weighted by molar-refractivity contribution is 6.05. The Morgan fingerprint density at radius 2 is 1.28 bits per heavy atom. The van der Waals surface area contributed by atoms with E-state index < -0.39 is 11.5 Å². The molecule has 0 bridgehead atoms. The van der Waals surface area contributed by atoms with E-state index in [9.17, 15) is 19.2 Å². The summed E-state index contributed by atoms with van der Waals surface area (Å²) in [5.41, 5.74) is 3.25. The summed E-state index contributed by atoms with van der Waals surface area (Å²) >= 11 is 0. The number of nitrogens with zero attached hydrogens (tertiary/aromatic N) is 1. The van der Waals surface area contributed by atoms with Crippen molar-refractivity contribution in [1.29, 1.82) is 0 Å². The average Bonchev–Trinajstić information content (AvgIpc) is 2.87. The van der Waals surface area contributed by atoms with Gasteiger partial charge in [0.2, 0.25) is 11.1 Å². The Hall–Kier alpha value is -4.03. The molecule has 1 amide bonds. The van der Waals surface area contributed by atoms with Crippen molar-refractivity contribution in [3.05, 3.63) is 92.5 Å². The average molecular weight is 519 g/mol. The van der Waals surface area contributed by atoms with Gasteiger partial charge in [0, 0.05) is 48.0 Å². The van der Waals surface area contributed by atoms with Crippen LogP contribution in [0.2, 0.25) is 0 Å². The number of hydrogen-bond donors (Lipinski definition) is 4. The predicted octanol–water partition coefficient (Wildman–Crippen LogP) is 2.58. The van der Waals surface area contributed by atoms with Crippen LogP contribution >= 0.6 is 12.4 Å². The van der Waals surface area contributed by atoms with Crippen molar-refractivity contribution in [2.24, 2.45) is 0 Å². The molecule has 0 fully saturated rings. The number of aromatic nitrogens is 2. The summed E-state index contributed by atoms with van der Waals surface area (Å²) in [6, 6.07) is 16.3. The van der Waals surface area contributed by atoms with Crippen LogP contribution in [0.15, 0.2) is 70.3 Å². The molecule has 12 heteroatoms. The van der Waals surface area contributed by atoms with Crippen LogP contribution < -0.4 is 16.6 Å². The molecule has 2 aromatic carbocycles. The van der Waals surface area contributed by atoms with Gasteiger partial charge in [-0.1, -0.05) is 36.4 Å². The molecule has 0 saturated heterocycles. The number of fused-ring (bicyclic) bond motifs is 2. The normalized spacial score (nSPS) is 9.78. The van der Waals surface area contributed by atoms with Crippen LogP contribution in [0.3, 0.4) is 0 Å². The third-order valence-electron chi connectivity index (χ3n) is 4.73. The van der Waals surface area contributed by atoms with Crippen LogP contribution in [0.1, 0.15) is 20.7 Å². The molecule has 4 N–H and O–H groups in total. The number of pyridine rings is 2. The highest BCUT2D eigenvalue weighted by atomic mass is 35.5. The molecule has 0 unspecified atom stereocenters.